The third-order valence-corrected chi connectivity index (χ3v) is 4.17. The van der Waals surface area contributed by atoms with Crippen molar-refractivity contribution in [3.8, 4) is 0 Å². The number of hydrogen-bond donors (Lipinski definition) is 2. The molecular weight excluding hydrogens is 325 g/mol. The third-order valence-electron chi connectivity index (χ3n) is 3.51. The van der Waals surface area contributed by atoms with Crippen molar-refractivity contribution in [2.24, 2.45) is 5.10 Å². The quantitative estimate of drug-likeness (QED) is 0.504. The summed E-state index contributed by atoms with van der Waals surface area (Å²) in [4.78, 5) is 23.4. The molecule has 1 fully saturated rings. The smallest absolute Gasteiger partial charge is 0.329 e. The predicted molar refractivity (Wildman–Crippen MR) is 87.2 cm³/mol. The first kappa shape index (κ1) is 16.8. The van der Waals surface area contributed by atoms with Gasteiger partial charge in [-0.05, 0) is 25.0 Å². The van der Waals surface area contributed by atoms with Gasteiger partial charge in [-0.15, -0.1) is 0 Å². The fourth-order valence-corrected chi connectivity index (χ4v) is 2.83. The summed E-state index contributed by atoms with van der Waals surface area (Å²) in [6.07, 6.45) is 6.48. The van der Waals surface area contributed by atoms with Crippen LogP contribution in [0.3, 0.4) is 0 Å². The molecule has 22 heavy (non-hydrogen) atoms. The monoisotopic (exact) mass is 341 g/mol. The minimum absolute atomic E-state index is 0.0778. The van der Waals surface area contributed by atoms with E-state index in [9.17, 15) is 9.59 Å². The van der Waals surface area contributed by atoms with Crippen LogP contribution in [0.1, 0.15) is 37.7 Å². The van der Waals surface area contributed by atoms with Crippen LogP contribution in [-0.4, -0.2) is 24.1 Å². The zero-order valence-corrected chi connectivity index (χ0v) is 13.5. The Morgan fingerprint density at radius 1 is 1.09 bits per heavy atom. The van der Waals surface area contributed by atoms with Gasteiger partial charge in [-0.3, -0.25) is 9.59 Å². The number of halogens is 2. The highest BCUT2D eigenvalue weighted by Gasteiger charge is 2.19. The Morgan fingerprint density at radius 2 is 1.73 bits per heavy atom. The van der Waals surface area contributed by atoms with Gasteiger partial charge in [-0.2, -0.15) is 5.10 Å². The predicted octanol–water partition coefficient (Wildman–Crippen LogP) is 2.89. The molecule has 1 saturated carbocycles. The lowest BCUT2D eigenvalue weighted by Crippen LogP contribution is -2.44. The Bertz CT molecular complexity index is 564. The molecule has 118 valence electrons. The maximum absolute atomic E-state index is 11.7. The summed E-state index contributed by atoms with van der Waals surface area (Å²) in [6.45, 7) is 0. The van der Waals surface area contributed by atoms with Gasteiger partial charge in [0.05, 0.1) is 16.3 Å². The van der Waals surface area contributed by atoms with E-state index in [0.29, 0.717) is 15.6 Å². The molecule has 0 atom stereocenters. The van der Waals surface area contributed by atoms with E-state index in [1.807, 2.05) is 0 Å². The van der Waals surface area contributed by atoms with E-state index in [4.69, 9.17) is 23.2 Å². The van der Waals surface area contributed by atoms with Gasteiger partial charge in [0.2, 0.25) is 0 Å². The highest BCUT2D eigenvalue weighted by molar-refractivity contribution is 6.38. The third kappa shape index (κ3) is 4.71. The summed E-state index contributed by atoms with van der Waals surface area (Å²) in [5, 5.41) is 7.26. The molecule has 0 aromatic heterocycles. The van der Waals surface area contributed by atoms with Crippen molar-refractivity contribution in [1.29, 1.82) is 0 Å². The first-order valence-corrected chi connectivity index (χ1v) is 7.91. The van der Waals surface area contributed by atoms with Crippen molar-refractivity contribution in [3.05, 3.63) is 33.8 Å². The van der Waals surface area contributed by atoms with Crippen molar-refractivity contribution in [2.45, 2.75) is 38.1 Å². The molecule has 1 aromatic carbocycles. The molecule has 5 nitrogen and oxygen atoms in total. The molecule has 2 amide bonds. The lowest BCUT2D eigenvalue weighted by molar-refractivity contribution is -0.139. The number of amides is 2. The van der Waals surface area contributed by atoms with Crippen LogP contribution < -0.4 is 10.7 Å². The van der Waals surface area contributed by atoms with Gasteiger partial charge >= 0.3 is 11.8 Å². The van der Waals surface area contributed by atoms with Gasteiger partial charge in [-0.25, -0.2) is 5.43 Å². The molecule has 0 heterocycles. The van der Waals surface area contributed by atoms with Gasteiger partial charge < -0.3 is 5.32 Å². The molecular formula is C15H17Cl2N3O2. The number of benzene rings is 1. The maximum Gasteiger partial charge on any atom is 0.329 e. The Morgan fingerprint density at radius 3 is 2.36 bits per heavy atom. The summed E-state index contributed by atoms with van der Waals surface area (Å²) in [5.41, 5.74) is 2.66. The average molecular weight is 342 g/mol. The molecule has 1 aliphatic rings. The highest BCUT2D eigenvalue weighted by atomic mass is 35.5. The Kier molecular flexibility index (Phi) is 6.21. The zero-order valence-electron chi connectivity index (χ0n) is 11.9. The molecule has 2 rings (SSSR count). The second-order valence-electron chi connectivity index (χ2n) is 5.14. The van der Waals surface area contributed by atoms with Crippen molar-refractivity contribution in [3.63, 3.8) is 0 Å². The van der Waals surface area contributed by atoms with Crippen LogP contribution in [0.5, 0.6) is 0 Å². The van der Waals surface area contributed by atoms with E-state index in [-0.39, 0.29) is 6.04 Å². The van der Waals surface area contributed by atoms with Gasteiger partial charge in [0, 0.05) is 11.6 Å². The van der Waals surface area contributed by atoms with Crippen LogP contribution in [0.25, 0.3) is 0 Å². The summed E-state index contributed by atoms with van der Waals surface area (Å²) in [7, 11) is 0. The van der Waals surface area contributed by atoms with Crippen LogP contribution in [0.4, 0.5) is 0 Å². The van der Waals surface area contributed by atoms with Crippen molar-refractivity contribution in [1.82, 2.24) is 10.7 Å². The molecule has 0 bridgehead atoms. The average Bonchev–Trinajstić information content (AvgIpc) is 2.51. The molecule has 0 spiro atoms. The molecule has 0 unspecified atom stereocenters. The number of nitrogens with one attached hydrogen (secondary N) is 2. The summed E-state index contributed by atoms with van der Waals surface area (Å²) in [6, 6.07) is 5.10. The largest absolute Gasteiger partial charge is 0.345 e. The summed E-state index contributed by atoms with van der Waals surface area (Å²) in [5.74, 6) is -1.47. The Hall–Kier alpha value is -1.59. The number of hydrazone groups is 1. The van der Waals surface area contributed by atoms with Gasteiger partial charge in [0.15, 0.2) is 0 Å². The number of hydrogen-bond acceptors (Lipinski definition) is 3. The molecule has 0 saturated heterocycles. The molecule has 0 aliphatic heterocycles. The van der Waals surface area contributed by atoms with Crippen LogP contribution in [0.15, 0.2) is 23.3 Å². The van der Waals surface area contributed by atoms with E-state index in [1.165, 1.54) is 12.6 Å². The van der Waals surface area contributed by atoms with Crippen molar-refractivity contribution in [2.75, 3.05) is 0 Å². The minimum atomic E-state index is -0.801. The summed E-state index contributed by atoms with van der Waals surface area (Å²) >= 11 is 11.9. The lowest BCUT2D eigenvalue weighted by atomic mass is 9.95. The molecule has 1 aromatic rings. The molecule has 7 heteroatoms. The normalized spacial score (nSPS) is 15.7. The van der Waals surface area contributed by atoms with E-state index in [0.717, 1.165) is 25.7 Å². The Labute approximate surface area is 139 Å². The summed E-state index contributed by atoms with van der Waals surface area (Å²) < 4.78 is 0. The standard InChI is InChI=1S/C15H17Cl2N3O2/c16-12-7-4-8-13(17)11(12)9-18-20-15(22)14(21)19-10-5-2-1-3-6-10/h4,7-10H,1-3,5-6H2,(H,19,21)(H,20,22)/b18-9-. The molecule has 0 radical (unpaired) electrons. The SMILES string of the molecule is O=C(N/N=C\c1c(Cl)cccc1Cl)C(=O)NC1CCCCC1. The Balaban J connectivity index is 1.86. The van der Waals surface area contributed by atoms with Gasteiger partial charge in [0.25, 0.3) is 0 Å². The fourth-order valence-electron chi connectivity index (χ4n) is 2.34. The van der Waals surface area contributed by atoms with E-state index in [2.05, 4.69) is 15.8 Å². The number of carbonyl (C=O) groups is 2. The van der Waals surface area contributed by atoms with Crippen molar-refractivity contribution >= 4 is 41.2 Å². The van der Waals surface area contributed by atoms with E-state index in [1.54, 1.807) is 18.2 Å². The minimum Gasteiger partial charge on any atom is -0.345 e. The zero-order chi connectivity index (χ0) is 15.9. The number of carbonyl (C=O) groups excluding carboxylic acids is 2. The lowest BCUT2D eigenvalue weighted by Gasteiger charge is -2.22. The van der Waals surface area contributed by atoms with Crippen molar-refractivity contribution < 1.29 is 9.59 Å². The van der Waals surface area contributed by atoms with Crippen LogP contribution in [0, 0.1) is 0 Å². The van der Waals surface area contributed by atoms with Gasteiger partial charge in [0.1, 0.15) is 0 Å². The second-order valence-corrected chi connectivity index (χ2v) is 5.96. The van der Waals surface area contributed by atoms with Crippen LogP contribution in [-0.2, 0) is 9.59 Å². The first-order chi connectivity index (χ1) is 10.6. The van der Waals surface area contributed by atoms with Crippen LogP contribution in [0.2, 0.25) is 10.0 Å². The van der Waals surface area contributed by atoms with Crippen LogP contribution >= 0.6 is 23.2 Å². The van der Waals surface area contributed by atoms with E-state index >= 15 is 0 Å². The van der Waals surface area contributed by atoms with Gasteiger partial charge in [-0.1, -0.05) is 48.5 Å². The molecule has 1 aliphatic carbocycles. The second kappa shape index (κ2) is 8.15. The highest BCUT2D eigenvalue weighted by Crippen LogP contribution is 2.22. The first-order valence-electron chi connectivity index (χ1n) is 7.16. The number of rotatable bonds is 3. The topological polar surface area (TPSA) is 70.6 Å². The maximum atomic E-state index is 11.7. The fraction of sp³-hybridized carbons (Fsp3) is 0.400. The number of nitrogens with zero attached hydrogens (tertiary/aromatic N) is 1. The molecule has 2 N–H and O–H groups in total. The van der Waals surface area contributed by atoms with E-state index < -0.39 is 11.8 Å².